The van der Waals surface area contributed by atoms with Gasteiger partial charge in [0.2, 0.25) is 0 Å². The molecule has 0 fully saturated rings. The summed E-state index contributed by atoms with van der Waals surface area (Å²) < 4.78 is 19.9. The summed E-state index contributed by atoms with van der Waals surface area (Å²) in [6, 6.07) is 9.52. The Hall–Kier alpha value is -0.910. The summed E-state index contributed by atoms with van der Waals surface area (Å²) in [7, 11) is 0. The first-order chi connectivity index (χ1) is 8.97. The minimum atomic E-state index is -0.555. The van der Waals surface area contributed by atoms with Crippen LogP contribution in [0.3, 0.4) is 0 Å². The molecule has 0 unspecified atom stereocenters. The molecule has 0 aliphatic heterocycles. The molecule has 0 saturated heterocycles. The molecule has 0 aliphatic rings. The van der Waals surface area contributed by atoms with E-state index in [-0.39, 0.29) is 5.82 Å². The largest absolute Gasteiger partial charge is 0.456 e. The maximum atomic E-state index is 13.0. The fourth-order valence-electron chi connectivity index (χ4n) is 1.60. The molecule has 19 heavy (non-hydrogen) atoms. The highest BCUT2D eigenvalue weighted by Crippen LogP contribution is 2.33. The smallest absolute Gasteiger partial charge is 0.141 e. The van der Waals surface area contributed by atoms with Gasteiger partial charge < -0.3 is 9.84 Å². The molecule has 0 heterocycles. The lowest BCUT2D eigenvalue weighted by Crippen LogP contribution is -1.93. The molecule has 0 amide bonds. The molecule has 0 radical (unpaired) electrons. The minimum absolute atomic E-state index is 0.329. The van der Waals surface area contributed by atoms with Crippen LogP contribution in [0.5, 0.6) is 11.5 Å². The Kier molecular flexibility index (Phi) is 4.60. The van der Waals surface area contributed by atoms with Crippen molar-refractivity contribution in [3.8, 4) is 11.5 Å². The molecule has 2 aromatic rings. The Bertz CT molecular complexity index is 600. The van der Waals surface area contributed by atoms with Crippen LogP contribution < -0.4 is 4.74 Å². The van der Waals surface area contributed by atoms with E-state index in [0.29, 0.717) is 16.0 Å². The molecule has 100 valence electrons. The molecule has 5 heteroatoms. The number of hydrogen-bond donors (Lipinski definition) is 1. The van der Waals surface area contributed by atoms with E-state index in [2.05, 4.69) is 31.9 Å². The highest BCUT2D eigenvalue weighted by molar-refractivity contribution is 9.10. The molecule has 2 aromatic carbocycles. The number of hydrogen-bond acceptors (Lipinski definition) is 2. The molecule has 0 aromatic heterocycles. The first-order valence-electron chi connectivity index (χ1n) is 5.58. The highest BCUT2D eigenvalue weighted by Gasteiger charge is 2.09. The molecular weight excluding hydrogens is 379 g/mol. The Morgan fingerprint density at radius 1 is 1.11 bits per heavy atom. The number of benzene rings is 2. The average Bonchev–Trinajstić information content (AvgIpc) is 2.32. The maximum Gasteiger partial charge on any atom is 0.141 e. The second-order valence-corrected chi connectivity index (χ2v) is 5.74. The second-order valence-electron chi connectivity index (χ2n) is 4.04. The quantitative estimate of drug-likeness (QED) is 0.781. The summed E-state index contributed by atoms with van der Waals surface area (Å²) in [5.41, 5.74) is 0.783. The van der Waals surface area contributed by atoms with Gasteiger partial charge in [-0.1, -0.05) is 22.0 Å². The predicted octanol–water partition coefficient (Wildman–Crippen LogP) is 5.20. The topological polar surface area (TPSA) is 29.5 Å². The van der Waals surface area contributed by atoms with Gasteiger partial charge in [0.15, 0.2) is 0 Å². The van der Waals surface area contributed by atoms with Crippen LogP contribution in [0.15, 0.2) is 45.3 Å². The molecule has 1 N–H and O–H groups in total. The number of rotatable bonds is 3. The summed E-state index contributed by atoms with van der Waals surface area (Å²) in [5, 5.41) is 9.54. The third-order valence-electron chi connectivity index (χ3n) is 2.54. The lowest BCUT2D eigenvalue weighted by molar-refractivity contribution is 0.198. The van der Waals surface area contributed by atoms with Crippen molar-refractivity contribution in [2.45, 2.75) is 13.0 Å². The van der Waals surface area contributed by atoms with Gasteiger partial charge in [-0.25, -0.2) is 4.39 Å². The molecule has 0 spiro atoms. The summed E-state index contributed by atoms with van der Waals surface area (Å²) in [4.78, 5) is 0. The molecule has 2 nitrogen and oxygen atoms in total. The normalized spacial score (nSPS) is 12.3. The lowest BCUT2D eigenvalue weighted by Gasteiger charge is -2.11. The maximum absolute atomic E-state index is 13.0. The van der Waals surface area contributed by atoms with Crippen LogP contribution in [0, 0.1) is 5.82 Å². The number of ether oxygens (including phenoxy) is 1. The second kappa shape index (κ2) is 6.03. The first kappa shape index (κ1) is 14.5. The van der Waals surface area contributed by atoms with Crippen molar-refractivity contribution < 1.29 is 14.2 Å². The predicted molar refractivity (Wildman–Crippen MR) is 78.9 cm³/mol. The third-order valence-corrected chi connectivity index (χ3v) is 3.85. The van der Waals surface area contributed by atoms with Crippen LogP contribution >= 0.6 is 31.9 Å². The van der Waals surface area contributed by atoms with Gasteiger partial charge in [-0.15, -0.1) is 0 Å². The SMILES string of the molecule is C[C@H](O)c1ccc(Oc2ccc(F)cc2Br)cc1Br. The zero-order valence-electron chi connectivity index (χ0n) is 10.0. The number of halogens is 3. The van der Waals surface area contributed by atoms with Gasteiger partial charge in [0.1, 0.15) is 17.3 Å². The fourth-order valence-corrected chi connectivity index (χ4v) is 2.72. The zero-order valence-corrected chi connectivity index (χ0v) is 13.2. The Morgan fingerprint density at radius 3 is 2.42 bits per heavy atom. The summed E-state index contributed by atoms with van der Waals surface area (Å²) in [5.74, 6) is 0.798. The van der Waals surface area contributed by atoms with E-state index in [1.54, 1.807) is 31.2 Å². The molecule has 0 saturated carbocycles. The van der Waals surface area contributed by atoms with Gasteiger partial charge in [-0.05, 0) is 58.7 Å². The Balaban J connectivity index is 2.26. The van der Waals surface area contributed by atoms with E-state index in [9.17, 15) is 9.50 Å². The third kappa shape index (κ3) is 3.55. The minimum Gasteiger partial charge on any atom is -0.456 e. The van der Waals surface area contributed by atoms with Crippen LogP contribution in [0.25, 0.3) is 0 Å². The van der Waals surface area contributed by atoms with Crippen molar-refractivity contribution in [2.24, 2.45) is 0 Å². The van der Waals surface area contributed by atoms with Crippen LogP contribution in [0.1, 0.15) is 18.6 Å². The van der Waals surface area contributed by atoms with Gasteiger partial charge in [0, 0.05) is 4.47 Å². The number of aliphatic hydroxyl groups is 1. The van der Waals surface area contributed by atoms with Crippen molar-refractivity contribution in [2.75, 3.05) is 0 Å². The Morgan fingerprint density at radius 2 is 1.84 bits per heavy atom. The lowest BCUT2D eigenvalue weighted by atomic mass is 10.1. The van der Waals surface area contributed by atoms with Crippen molar-refractivity contribution in [1.29, 1.82) is 0 Å². The van der Waals surface area contributed by atoms with Crippen LogP contribution in [-0.2, 0) is 0 Å². The molecule has 0 aliphatic carbocycles. The fraction of sp³-hybridized carbons (Fsp3) is 0.143. The average molecular weight is 390 g/mol. The Labute approximate surface area is 127 Å². The zero-order chi connectivity index (χ0) is 14.0. The van der Waals surface area contributed by atoms with Crippen molar-refractivity contribution in [1.82, 2.24) is 0 Å². The van der Waals surface area contributed by atoms with Gasteiger partial charge in [-0.2, -0.15) is 0 Å². The first-order valence-corrected chi connectivity index (χ1v) is 7.16. The van der Waals surface area contributed by atoms with E-state index in [4.69, 9.17) is 4.74 Å². The van der Waals surface area contributed by atoms with Crippen LogP contribution in [0.4, 0.5) is 4.39 Å². The van der Waals surface area contributed by atoms with Crippen LogP contribution in [-0.4, -0.2) is 5.11 Å². The molecule has 2 rings (SSSR count). The summed E-state index contributed by atoms with van der Waals surface area (Å²) >= 11 is 6.62. The monoisotopic (exact) mass is 388 g/mol. The van der Waals surface area contributed by atoms with E-state index in [1.165, 1.54) is 12.1 Å². The van der Waals surface area contributed by atoms with Crippen molar-refractivity contribution in [3.05, 3.63) is 56.7 Å². The molecular formula is C14H11Br2FO2. The van der Waals surface area contributed by atoms with Crippen molar-refractivity contribution >= 4 is 31.9 Å². The standard InChI is InChI=1S/C14H11Br2FO2/c1-8(18)11-4-3-10(7-12(11)15)19-14-5-2-9(17)6-13(14)16/h2-8,18H,1H3/t8-/m0/s1. The highest BCUT2D eigenvalue weighted by atomic mass is 79.9. The van der Waals surface area contributed by atoms with E-state index >= 15 is 0 Å². The molecule has 0 bridgehead atoms. The van der Waals surface area contributed by atoms with Gasteiger partial charge in [0.05, 0.1) is 10.6 Å². The van der Waals surface area contributed by atoms with Crippen LogP contribution in [0.2, 0.25) is 0 Å². The molecule has 1 atom stereocenters. The van der Waals surface area contributed by atoms with E-state index in [0.717, 1.165) is 10.0 Å². The summed E-state index contributed by atoms with van der Waals surface area (Å²) in [6.07, 6.45) is -0.555. The van der Waals surface area contributed by atoms with Crippen molar-refractivity contribution in [3.63, 3.8) is 0 Å². The number of aliphatic hydroxyl groups excluding tert-OH is 1. The van der Waals surface area contributed by atoms with E-state index in [1.807, 2.05) is 0 Å². The van der Waals surface area contributed by atoms with E-state index < -0.39 is 6.10 Å². The van der Waals surface area contributed by atoms with Gasteiger partial charge >= 0.3 is 0 Å². The van der Waals surface area contributed by atoms with Gasteiger partial charge in [0.25, 0.3) is 0 Å². The summed E-state index contributed by atoms with van der Waals surface area (Å²) in [6.45, 7) is 1.69. The van der Waals surface area contributed by atoms with Gasteiger partial charge in [-0.3, -0.25) is 0 Å².